The van der Waals surface area contributed by atoms with Gasteiger partial charge in [-0.2, -0.15) is 0 Å². The summed E-state index contributed by atoms with van der Waals surface area (Å²) in [5.41, 5.74) is 1.15. The monoisotopic (exact) mass is 236 g/mol. The van der Waals surface area contributed by atoms with Crippen LogP contribution in [-0.2, 0) is 11.2 Å². The van der Waals surface area contributed by atoms with E-state index in [0.29, 0.717) is 6.54 Å². The molecular formula is C13H20N2O2. The van der Waals surface area contributed by atoms with Gasteiger partial charge in [0.2, 0.25) is 5.91 Å². The summed E-state index contributed by atoms with van der Waals surface area (Å²) in [6.45, 7) is 1.14. The highest BCUT2D eigenvalue weighted by Gasteiger charge is 2.04. The van der Waals surface area contributed by atoms with Crippen molar-refractivity contribution >= 4 is 5.91 Å². The van der Waals surface area contributed by atoms with Crippen molar-refractivity contribution in [3.8, 4) is 5.75 Å². The van der Waals surface area contributed by atoms with Crippen LogP contribution in [0, 0.1) is 0 Å². The van der Waals surface area contributed by atoms with E-state index in [9.17, 15) is 4.79 Å². The van der Waals surface area contributed by atoms with Gasteiger partial charge in [0.1, 0.15) is 5.75 Å². The highest BCUT2D eigenvalue weighted by molar-refractivity contribution is 5.77. The highest BCUT2D eigenvalue weighted by Crippen LogP contribution is 2.16. The number of methoxy groups -OCH3 is 1. The van der Waals surface area contributed by atoms with Crippen LogP contribution in [0.15, 0.2) is 24.3 Å². The summed E-state index contributed by atoms with van der Waals surface area (Å²) < 4.78 is 5.26. The fourth-order valence-electron chi connectivity index (χ4n) is 1.49. The topological polar surface area (TPSA) is 41.6 Å². The molecule has 0 bridgehead atoms. The second kappa shape index (κ2) is 6.91. The average Bonchev–Trinajstić information content (AvgIpc) is 2.34. The SMILES string of the molecule is COc1ccccc1CCNCC(=O)N(C)C. The number of rotatable bonds is 6. The van der Waals surface area contributed by atoms with Gasteiger partial charge in [0.05, 0.1) is 13.7 Å². The van der Waals surface area contributed by atoms with E-state index >= 15 is 0 Å². The smallest absolute Gasteiger partial charge is 0.236 e. The number of nitrogens with one attached hydrogen (secondary N) is 1. The third-order valence-corrected chi connectivity index (χ3v) is 2.54. The molecule has 0 unspecified atom stereocenters. The van der Waals surface area contributed by atoms with Crippen molar-refractivity contribution in [2.45, 2.75) is 6.42 Å². The summed E-state index contributed by atoms with van der Waals surface area (Å²) in [5.74, 6) is 0.985. The van der Waals surface area contributed by atoms with Gasteiger partial charge < -0.3 is 15.0 Å². The van der Waals surface area contributed by atoms with Crippen molar-refractivity contribution in [1.82, 2.24) is 10.2 Å². The fraction of sp³-hybridized carbons (Fsp3) is 0.462. The summed E-state index contributed by atoms with van der Waals surface area (Å²) in [5, 5.41) is 3.12. The lowest BCUT2D eigenvalue weighted by molar-refractivity contribution is -0.127. The van der Waals surface area contributed by atoms with E-state index in [1.807, 2.05) is 24.3 Å². The third kappa shape index (κ3) is 4.44. The molecule has 1 aromatic rings. The lowest BCUT2D eigenvalue weighted by Crippen LogP contribution is -2.33. The molecule has 1 N–H and O–H groups in total. The molecule has 0 atom stereocenters. The second-order valence-electron chi connectivity index (χ2n) is 4.03. The maximum absolute atomic E-state index is 11.3. The van der Waals surface area contributed by atoms with Gasteiger partial charge in [-0.15, -0.1) is 0 Å². The Labute approximate surface area is 103 Å². The summed E-state index contributed by atoms with van der Waals surface area (Å²) in [7, 11) is 5.18. The number of carbonyl (C=O) groups is 1. The van der Waals surface area contributed by atoms with Crippen molar-refractivity contribution in [2.75, 3.05) is 34.3 Å². The van der Waals surface area contributed by atoms with E-state index in [0.717, 1.165) is 24.3 Å². The van der Waals surface area contributed by atoms with Gasteiger partial charge >= 0.3 is 0 Å². The van der Waals surface area contributed by atoms with Gasteiger partial charge in [0, 0.05) is 14.1 Å². The van der Waals surface area contributed by atoms with Crippen LogP contribution in [0.5, 0.6) is 5.75 Å². The number of benzene rings is 1. The average molecular weight is 236 g/mol. The van der Waals surface area contributed by atoms with Crippen molar-refractivity contribution in [3.05, 3.63) is 29.8 Å². The van der Waals surface area contributed by atoms with Gasteiger partial charge in [-0.1, -0.05) is 18.2 Å². The normalized spacial score (nSPS) is 10.1. The van der Waals surface area contributed by atoms with Crippen molar-refractivity contribution < 1.29 is 9.53 Å². The zero-order chi connectivity index (χ0) is 12.7. The van der Waals surface area contributed by atoms with Gasteiger partial charge in [0.25, 0.3) is 0 Å². The van der Waals surface area contributed by atoms with Gasteiger partial charge in [-0.05, 0) is 24.6 Å². The van der Waals surface area contributed by atoms with Crippen LogP contribution in [0.4, 0.5) is 0 Å². The largest absolute Gasteiger partial charge is 0.496 e. The van der Waals surface area contributed by atoms with E-state index in [4.69, 9.17) is 4.74 Å². The maximum atomic E-state index is 11.3. The molecule has 0 heterocycles. The van der Waals surface area contributed by atoms with E-state index in [1.54, 1.807) is 26.1 Å². The number of hydrogen-bond acceptors (Lipinski definition) is 3. The minimum absolute atomic E-state index is 0.0880. The molecule has 0 aromatic heterocycles. The first-order valence-electron chi connectivity index (χ1n) is 5.68. The van der Waals surface area contributed by atoms with Crippen molar-refractivity contribution in [1.29, 1.82) is 0 Å². The number of amides is 1. The molecular weight excluding hydrogens is 216 g/mol. The molecule has 94 valence electrons. The van der Waals surface area contributed by atoms with Gasteiger partial charge in [-0.3, -0.25) is 4.79 Å². The number of nitrogens with zero attached hydrogens (tertiary/aromatic N) is 1. The Kier molecular flexibility index (Phi) is 5.49. The van der Waals surface area contributed by atoms with Crippen LogP contribution in [-0.4, -0.2) is 45.1 Å². The Morgan fingerprint density at radius 3 is 2.71 bits per heavy atom. The summed E-state index contributed by atoms with van der Waals surface area (Å²) in [4.78, 5) is 12.9. The molecule has 0 aliphatic rings. The molecule has 1 rings (SSSR count). The van der Waals surface area contributed by atoms with Crippen LogP contribution in [0.1, 0.15) is 5.56 Å². The number of hydrogen-bond donors (Lipinski definition) is 1. The lowest BCUT2D eigenvalue weighted by atomic mass is 10.1. The Balaban J connectivity index is 2.33. The molecule has 0 aliphatic heterocycles. The Morgan fingerprint density at radius 2 is 2.06 bits per heavy atom. The first-order valence-corrected chi connectivity index (χ1v) is 5.68. The predicted octanol–water partition coefficient (Wildman–Crippen LogP) is 0.915. The molecule has 4 heteroatoms. The van der Waals surface area contributed by atoms with E-state index in [-0.39, 0.29) is 5.91 Å². The Bertz CT molecular complexity index is 364. The minimum atomic E-state index is 0.0880. The van der Waals surface area contributed by atoms with Crippen molar-refractivity contribution in [3.63, 3.8) is 0 Å². The summed E-state index contributed by atoms with van der Waals surface area (Å²) >= 11 is 0. The molecule has 0 spiro atoms. The minimum Gasteiger partial charge on any atom is -0.496 e. The standard InChI is InChI=1S/C13H20N2O2/c1-15(2)13(16)10-14-9-8-11-6-4-5-7-12(11)17-3/h4-7,14H,8-10H2,1-3H3. The Morgan fingerprint density at radius 1 is 1.35 bits per heavy atom. The zero-order valence-electron chi connectivity index (χ0n) is 10.7. The second-order valence-corrected chi connectivity index (χ2v) is 4.03. The first kappa shape index (κ1) is 13.5. The van der Waals surface area contributed by atoms with Crippen LogP contribution < -0.4 is 10.1 Å². The van der Waals surface area contributed by atoms with Gasteiger partial charge in [0.15, 0.2) is 0 Å². The fourth-order valence-corrected chi connectivity index (χ4v) is 1.49. The maximum Gasteiger partial charge on any atom is 0.236 e. The van der Waals surface area contributed by atoms with Crippen molar-refractivity contribution in [2.24, 2.45) is 0 Å². The molecule has 0 radical (unpaired) electrons. The van der Waals surface area contributed by atoms with Crippen LogP contribution >= 0.6 is 0 Å². The quantitative estimate of drug-likeness (QED) is 0.747. The third-order valence-electron chi connectivity index (χ3n) is 2.54. The molecule has 0 saturated carbocycles. The summed E-state index contributed by atoms with van der Waals surface area (Å²) in [6.07, 6.45) is 0.852. The highest BCUT2D eigenvalue weighted by atomic mass is 16.5. The molecule has 0 fully saturated rings. The molecule has 17 heavy (non-hydrogen) atoms. The van der Waals surface area contributed by atoms with E-state index in [2.05, 4.69) is 5.32 Å². The predicted molar refractivity (Wildman–Crippen MR) is 68.3 cm³/mol. The molecule has 0 aliphatic carbocycles. The van der Waals surface area contributed by atoms with Gasteiger partial charge in [-0.25, -0.2) is 0 Å². The lowest BCUT2D eigenvalue weighted by Gasteiger charge is -2.11. The molecule has 1 amide bonds. The zero-order valence-corrected chi connectivity index (χ0v) is 10.7. The van der Waals surface area contributed by atoms with Crippen LogP contribution in [0.2, 0.25) is 0 Å². The van der Waals surface area contributed by atoms with Crippen LogP contribution in [0.3, 0.4) is 0 Å². The Hall–Kier alpha value is -1.55. The molecule has 4 nitrogen and oxygen atoms in total. The molecule has 0 saturated heterocycles. The molecule has 1 aromatic carbocycles. The number of ether oxygens (including phenoxy) is 1. The van der Waals surface area contributed by atoms with Crippen LogP contribution in [0.25, 0.3) is 0 Å². The first-order chi connectivity index (χ1) is 8.15. The van der Waals surface area contributed by atoms with E-state index < -0.39 is 0 Å². The number of likely N-dealkylation sites (N-methyl/N-ethyl adjacent to an activating group) is 1. The van der Waals surface area contributed by atoms with E-state index in [1.165, 1.54) is 0 Å². The number of carbonyl (C=O) groups excluding carboxylic acids is 1. The summed E-state index contributed by atoms with van der Waals surface area (Å²) in [6, 6.07) is 7.92. The number of para-hydroxylation sites is 1.